The Kier molecular flexibility index (Phi) is 6.01. The standard InChI is InChI=1S/C23H25N3O4/c1-5-19(21(28)24-14(2)3)26-20-12-7-6-11-18(20)22(29)25(23(26)30)17-10-8-9-16(13-17)15(4)27/h6-14,19H,5H2,1-4H3,(H,24,28)/t19-/m1/s1. The van der Waals surface area contributed by atoms with Crippen molar-refractivity contribution in [3.8, 4) is 5.69 Å². The van der Waals surface area contributed by atoms with Gasteiger partial charge >= 0.3 is 5.69 Å². The average Bonchev–Trinajstić information content (AvgIpc) is 2.70. The minimum Gasteiger partial charge on any atom is -0.352 e. The maximum absolute atomic E-state index is 13.5. The summed E-state index contributed by atoms with van der Waals surface area (Å²) in [4.78, 5) is 51.4. The largest absolute Gasteiger partial charge is 0.352 e. The van der Waals surface area contributed by atoms with Crippen molar-refractivity contribution in [1.29, 1.82) is 0 Å². The second-order valence-electron chi connectivity index (χ2n) is 7.50. The van der Waals surface area contributed by atoms with Crippen LogP contribution in [0.3, 0.4) is 0 Å². The SMILES string of the molecule is CC[C@H](C(=O)NC(C)C)n1c(=O)n(-c2cccc(C(C)=O)c2)c(=O)c2ccccc21. The quantitative estimate of drug-likeness (QED) is 0.636. The van der Waals surface area contributed by atoms with E-state index in [0.29, 0.717) is 22.9 Å². The van der Waals surface area contributed by atoms with Gasteiger partial charge in [0.1, 0.15) is 6.04 Å². The number of amides is 1. The van der Waals surface area contributed by atoms with Crippen LogP contribution in [0.15, 0.2) is 58.1 Å². The van der Waals surface area contributed by atoms with Crippen LogP contribution in [0.5, 0.6) is 0 Å². The summed E-state index contributed by atoms with van der Waals surface area (Å²) in [6.45, 7) is 6.93. The van der Waals surface area contributed by atoms with Crippen LogP contribution in [-0.4, -0.2) is 26.9 Å². The average molecular weight is 407 g/mol. The number of carbonyl (C=O) groups is 2. The van der Waals surface area contributed by atoms with Gasteiger partial charge in [-0.3, -0.25) is 19.0 Å². The molecule has 0 aliphatic rings. The molecule has 30 heavy (non-hydrogen) atoms. The normalized spacial score (nSPS) is 12.2. The van der Waals surface area contributed by atoms with E-state index in [4.69, 9.17) is 0 Å². The fourth-order valence-electron chi connectivity index (χ4n) is 3.54. The number of para-hydroxylation sites is 1. The summed E-state index contributed by atoms with van der Waals surface area (Å²) >= 11 is 0. The summed E-state index contributed by atoms with van der Waals surface area (Å²) < 4.78 is 2.40. The molecule has 0 unspecified atom stereocenters. The molecule has 0 saturated heterocycles. The molecule has 7 nitrogen and oxygen atoms in total. The van der Waals surface area contributed by atoms with Crippen molar-refractivity contribution < 1.29 is 9.59 Å². The van der Waals surface area contributed by atoms with Gasteiger partial charge in [0.25, 0.3) is 5.56 Å². The first-order valence-electron chi connectivity index (χ1n) is 9.94. The molecule has 0 radical (unpaired) electrons. The van der Waals surface area contributed by atoms with Crippen LogP contribution < -0.4 is 16.6 Å². The third-order valence-corrected chi connectivity index (χ3v) is 4.94. The molecule has 1 amide bonds. The zero-order chi connectivity index (χ0) is 22.0. The number of rotatable bonds is 6. The molecule has 0 spiro atoms. The van der Waals surface area contributed by atoms with Crippen molar-refractivity contribution in [3.63, 3.8) is 0 Å². The molecule has 0 bridgehead atoms. The fraction of sp³-hybridized carbons (Fsp3) is 0.304. The van der Waals surface area contributed by atoms with Crippen LogP contribution in [0.25, 0.3) is 16.6 Å². The van der Waals surface area contributed by atoms with Gasteiger partial charge in [0.05, 0.1) is 16.6 Å². The first-order chi connectivity index (χ1) is 14.3. The van der Waals surface area contributed by atoms with Gasteiger partial charge in [0.15, 0.2) is 5.78 Å². The van der Waals surface area contributed by atoms with E-state index in [1.165, 1.54) is 17.6 Å². The van der Waals surface area contributed by atoms with Crippen LogP contribution in [0, 0.1) is 0 Å². The molecule has 0 aliphatic heterocycles. The van der Waals surface area contributed by atoms with Crippen LogP contribution in [-0.2, 0) is 4.79 Å². The van der Waals surface area contributed by atoms with Gasteiger partial charge in [-0.05, 0) is 51.5 Å². The lowest BCUT2D eigenvalue weighted by Gasteiger charge is -2.22. The monoisotopic (exact) mass is 407 g/mol. The Balaban J connectivity index is 2.38. The van der Waals surface area contributed by atoms with Gasteiger partial charge < -0.3 is 5.32 Å². The minimum atomic E-state index is -0.785. The summed E-state index contributed by atoms with van der Waals surface area (Å²) in [6, 6.07) is 12.2. The molecule has 0 fully saturated rings. The highest BCUT2D eigenvalue weighted by atomic mass is 16.2. The highest BCUT2D eigenvalue weighted by molar-refractivity contribution is 5.94. The Hall–Kier alpha value is -3.48. The number of Topliss-reactive ketones (excluding diaryl/α,β-unsaturated/α-hetero) is 1. The van der Waals surface area contributed by atoms with E-state index >= 15 is 0 Å². The molecule has 1 atom stereocenters. The maximum atomic E-state index is 13.5. The number of fused-ring (bicyclic) bond motifs is 1. The highest BCUT2D eigenvalue weighted by Crippen LogP contribution is 2.18. The van der Waals surface area contributed by atoms with Crippen molar-refractivity contribution in [2.24, 2.45) is 0 Å². The summed E-state index contributed by atoms with van der Waals surface area (Å²) in [7, 11) is 0. The van der Waals surface area contributed by atoms with Crippen molar-refractivity contribution in [3.05, 3.63) is 74.9 Å². The Labute approximate surface area is 174 Å². The molecule has 1 aromatic heterocycles. The topological polar surface area (TPSA) is 90.2 Å². The Bertz CT molecular complexity index is 1240. The van der Waals surface area contributed by atoms with E-state index in [2.05, 4.69) is 5.32 Å². The number of ketones is 1. The predicted octanol–water partition coefficient (Wildman–Crippen LogP) is 2.83. The number of nitrogens with zero attached hydrogens (tertiary/aromatic N) is 2. The lowest BCUT2D eigenvalue weighted by atomic mass is 10.1. The van der Waals surface area contributed by atoms with Crippen molar-refractivity contribution in [2.45, 2.75) is 46.2 Å². The van der Waals surface area contributed by atoms with Crippen LogP contribution >= 0.6 is 0 Å². The molecule has 0 saturated carbocycles. The number of aromatic nitrogens is 2. The molecular formula is C23H25N3O4. The third kappa shape index (κ3) is 3.83. The number of hydrogen-bond donors (Lipinski definition) is 1. The molecule has 2 aromatic carbocycles. The van der Waals surface area contributed by atoms with E-state index in [1.54, 1.807) is 42.5 Å². The second-order valence-corrected chi connectivity index (χ2v) is 7.50. The van der Waals surface area contributed by atoms with E-state index < -0.39 is 17.3 Å². The van der Waals surface area contributed by atoms with Gasteiger partial charge in [-0.25, -0.2) is 9.36 Å². The van der Waals surface area contributed by atoms with Gasteiger partial charge in [-0.1, -0.05) is 31.2 Å². The van der Waals surface area contributed by atoms with Crippen molar-refractivity contribution in [2.75, 3.05) is 0 Å². The number of hydrogen-bond acceptors (Lipinski definition) is 4. The Morgan fingerprint density at radius 1 is 1.03 bits per heavy atom. The Morgan fingerprint density at radius 3 is 2.37 bits per heavy atom. The molecule has 0 aliphatic carbocycles. The van der Waals surface area contributed by atoms with Crippen LogP contribution in [0.1, 0.15) is 50.5 Å². The molecule has 1 heterocycles. The summed E-state index contributed by atoms with van der Waals surface area (Å²) in [5.41, 5.74) is -0.0338. The summed E-state index contributed by atoms with van der Waals surface area (Å²) in [6.07, 6.45) is 0.369. The number of carbonyl (C=O) groups excluding carboxylic acids is 2. The van der Waals surface area contributed by atoms with Crippen molar-refractivity contribution in [1.82, 2.24) is 14.5 Å². The lowest BCUT2D eigenvalue weighted by Crippen LogP contribution is -2.45. The molecule has 3 aromatic rings. The van der Waals surface area contributed by atoms with Gasteiger partial charge in [0, 0.05) is 11.6 Å². The van der Waals surface area contributed by atoms with Gasteiger partial charge in [0.2, 0.25) is 5.91 Å². The van der Waals surface area contributed by atoms with E-state index in [9.17, 15) is 19.2 Å². The summed E-state index contributed by atoms with van der Waals surface area (Å²) in [5, 5.41) is 3.17. The van der Waals surface area contributed by atoms with E-state index in [1.807, 2.05) is 20.8 Å². The third-order valence-electron chi connectivity index (χ3n) is 4.94. The predicted molar refractivity (Wildman–Crippen MR) is 116 cm³/mol. The summed E-state index contributed by atoms with van der Waals surface area (Å²) in [5.74, 6) is -0.462. The number of nitrogens with one attached hydrogen (secondary N) is 1. The first kappa shape index (κ1) is 21.2. The molecule has 156 valence electrons. The maximum Gasteiger partial charge on any atom is 0.336 e. The van der Waals surface area contributed by atoms with Crippen LogP contribution in [0.4, 0.5) is 0 Å². The lowest BCUT2D eigenvalue weighted by molar-refractivity contribution is -0.124. The number of benzene rings is 2. The van der Waals surface area contributed by atoms with E-state index in [-0.39, 0.29) is 23.4 Å². The van der Waals surface area contributed by atoms with E-state index in [0.717, 1.165) is 4.57 Å². The zero-order valence-electron chi connectivity index (χ0n) is 17.5. The van der Waals surface area contributed by atoms with Gasteiger partial charge in [-0.15, -0.1) is 0 Å². The molecule has 3 rings (SSSR count). The van der Waals surface area contributed by atoms with Crippen LogP contribution in [0.2, 0.25) is 0 Å². The van der Waals surface area contributed by atoms with Gasteiger partial charge in [-0.2, -0.15) is 0 Å². The molecule has 1 N–H and O–H groups in total. The molecular weight excluding hydrogens is 382 g/mol. The van der Waals surface area contributed by atoms with Crippen molar-refractivity contribution >= 4 is 22.6 Å². The second kappa shape index (κ2) is 8.49. The minimum absolute atomic E-state index is 0.0910. The first-order valence-corrected chi connectivity index (χ1v) is 9.94. The Morgan fingerprint density at radius 2 is 1.73 bits per heavy atom. The smallest absolute Gasteiger partial charge is 0.336 e. The fourth-order valence-corrected chi connectivity index (χ4v) is 3.54. The molecule has 7 heteroatoms. The highest BCUT2D eigenvalue weighted by Gasteiger charge is 2.25. The zero-order valence-corrected chi connectivity index (χ0v) is 17.5.